The van der Waals surface area contributed by atoms with E-state index in [2.05, 4.69) is 9.97 Å². The first-order valence-corrected chi connectivity index (χ1v) is 9.60. The highest BCUT2D eigenvalue weighted by Gasteiger charge is 2.22. The Morgan fingerprint density at radius 2 is 1.96 bits per heavy atom. The van der Waals surface area contributed by atoms with Gasteiger partial charge in [0.2, 0.25) is 0 Å². The number of halogens is 1. The molecule has 4 aromatic rings. The Bertz CT molecular complexity index is 1180. The van der Waals surface area contributed by atoms with Crippen LogP contribution in [0.3, 0.4) is 0 Å². The number of carbonyl (C=O) groups is 1. The summed E-state index contributed by atoms with van der Waals surface area (Å²) in [7, 11) is 0. The number of para-hydroxylation sites is 1. The van der Waals surface area contributed by atoms with E-state index < -0.39 is 5.97 Å². The molecule has 0 saturated heterocycles. The molecule has 0 amide bonds. The molecule has 28 heavy (non-hydrogen) atoms. The fraction of sp³-hybridized carbons (Fsp3) is 0.182. The van der Waals surface area contributed by atoms with E-state index in [0.717, 1.165) is 40.6 Å². The Hall–Kier alpha value is -2.89. The van der Waals surface area contributed by atoms with Crippen LogP contribution in [0.5, 0.6) is 0 Å². The molecule has 0 atom stereocenters. The van der Waals surface area contributed by atoms with E-state index in [4.69, 9.17) is 17.3 Å². The van der Waals surface area contributed by atoms with E-state index in [1.165, 1.54) is 0 Å². The van der Waals surface area contributed by atoms with Gasteiger partial charge in [0, 0.05) is 22.5 Å². The lowest BCUT2D eigenvalue weighted by atomic mass is 9.96. The monoisotopic (exact) mass is 393 g/mol. The van der Waals surface area contributed by atoms with Gasteiger partial charge in [-0.2, -0.15) is 0 Å². The molecule has 4 N–H and O–H groups in total. The van der Waals surface area contributed by atoms with Gasteiger partial charge in [0.15, 0.2) is 0 Å². The van der Waals surface area contributed by atoms with Crippen LogP contribution in [0.25, 0.3) is 33.1 Å². The standard InChI is InChI=1S/C22H20ClN3O2/c23-17-10-9-15(22(27)28)18-14(7-1-2-11-24)20(26-21(17)18)16-8-3-5-13-6-4-12-25-19(13)16/h3-6,8-10,12,26H,1-2,7,11,24H2,(H,27,28). The Kier molecular flexibility index (Phi) is 5.03. The van der Waals surface area contributed by atoms with Crippen molar-refractivity contribution in [3.05, 3.63) is 64.8 Å². The highest BCUT2D eigenvalue weighted by molar-refractivity contribution is 6.36. The van der Waals surface area contributed by atoms with Gasteiger partial charge in [-0.15, -0.1) is 0 Å². The summed E-state index contributed by atoms with van der Waals surface area (Å²) in [6.07, 6.45) is 4.19. The summed E-state index contributed by atoms with van der Waals surface area (Å²) in [5, 5.41) is 11.9. The van der Waals surface area contributed by atoms with Crippen LogP contribution in [0.15, 0.2) is 48.7 Å². The molecule has 0 fully saturated rings. The number of aromatic nitrogens is 2. The van der Waals surface area contributed by atoms with Gasteiger partial charge in [-0.3, -0.25) is 4.98 Å². The van der Waals surface area contributed by atoms with Crippen LogP contribution in [0.1, 0.15) is 28.8 Å². The third kappa shape index (κ3) is 3.13. The van der Waals surface area contributed by atoms with Crippen molar-refractivity contribution in [3.8, 4) is 11.3 Å². The normalized spacial score (nSPS) is 11.4. The Morgan fingerprint density at radius 1 is 1.14 bits per heavy atom. The first-order chi connectivity index (χ1) is 13.6. The summed E-state index contributed by atoms with van der Waals surface area (Å²) in [6.45, 7) is 0.597. The van der Waals surface area contributed by atoms with Gasteiger partial charge in [0.05, 0.1) is 27.3 Å². The maximum absolute atomic E-state index is 11.9. The lowest BCUT2D eigenvalue weighted by molar-refractivity contribution is 0.0699. The number of nitrogens with two attached hydrogens (primary N) is 1. The zero-order valence-electron chi connectivity index (χ0n) is 15.2. The van der Waals surface area contributed by atoms with E-state index in [0.29, 0.717) is 28.9 Å². The van der Waals surface area contributed by atoms with Crippen LogP contribution < -0.4 is 5.73 Å². The van der Waals surface area contributed by atoms with Crippen LogP contribution in [0.4, 0.5) is 0 Å². The second-order valence-electron chi connectivity index (χ2n) is 6.76. The molecule has 0 aliphatic carbocycles. The average molecular weight is 394 g/mol. The number of aryl methyl sites for hydroxylation is 1. The van der Waals surface area contributed by atoms with Crippen molar-refractivity contribution >= 4 is 39.4 Å². The summed E-state index contributed by atoms with van der Waals surface area (Å²) in [4.78, 5) is 19.8. The maximum Gasteiger partial charge on any atom is 0.336 e. The third-order valence-corrected chi connectivity index (χ3v) is 5.34. The van der Waals surface area contributed by atoms with Gasteiger partial charge in [-0.1, -0.05) is 35.9 Å². The third-order valence-electron chi connectivity index (χ3n) is 5.02. The summed E-state index contributed by atoms with van der Waals surface area (Å²) in [6, 6.07) is 13.1. The van der Waals surface area contributed by atoms with Crippen LogP contribution in [0, 0.1) is 0 Å². The molecule has 6 heteroatoms. The van der Waals surface area contributed by atoms with Crippen molar-refractivity contribution in [2.24, 2.45) is 5.73 Å². The predicted octanol–water partition coefficient (Wildman–Crippen LogP) is 5.02. The number of aromatic amines is 1. The van der Waals surface area contributed by atoms with Crippen LogP contribution >= 0.6 is 11.6 Å². The number of rotatable bonds is 6. The van der Waals surface area contributed by atoms with E-state index in [9.17, 15) is 9.90 Å². The summed E-state index contributed by atoms with van der Waals surface area (Å²) in [5.74, 6) is -0.969. The Morgan fingerprint density at radius 3 is 2.75 bits per heavy atom. The smallest absolute Gasteiger partial charge is 0.336 e. The van der Waals surface area contributed by atoms with Gasteiger partial charge in [0.1, 0.15) is 0 Å². The molecular formula is C22H20ClN3O2. The van der Waals surface area contributed by atoms with Crippen molar-refractivity contribution < 1.29 is 9.90 Å². The van der Waals surface area contributed by atoms with Crippen molar-refractivity contribution in [3.63, 3.8) is 0 Å². The number of carboxylic acids is 1. The van der Waals surface area contributed by atoms with Gasteiger partial charge >= 0.3 is 5.97 Å². The van der Waals surface area contributed by atoms with Crippen LogP contribution in [-0.2, 0) is 6.42 Å². The second kappa shape index (κ2) is 7.62. The average Bonchev–Trinajstić information content (AvgIpc) is 3.08. The Labute approximate surface area is 167 Å². The van der Waals surface area contributed by atoms with Crippen molar-refractivity contribution in [1.29, 1.82) is 0 Å². The number of hydrogen-bond acceptors (Lipinski definition) is 3. The Balaban J connectivity index is 2.04. The minimum absolute atomic E-state index is 0.248. The first kappa shape index (κ1) is 18.5. The van der Waals surface area contributed by atoms with Gasteiger partial charge < -0.3 is 15.8 Å². The van der Waals surface area contributed by atoms with Crippen molar-refractivity contribution in [2.75, 3.05) is 6.54 Å². The SMILES string of the molecule is NCCCCc1c(-c2cccc3cccnc23)[nH]c2c(Cl)ccc(C(=O)O)c12. The molecule has 4 rings (SSSR count). The minimum atomic E-state index is -0.969. The van der Waals surface area contributed by atoms with Gasteiger partial charge in [-0.25, -0.2) is 4.79 Å². The summed E-state index contributed by atoms with van der Waals surface area (Å²) >= 11 is 6.43. The van der Waals surface area contributed by atoms with Crippen LogP contribution in [-0.4, -0.2) is 27.6 Å². The molecule has 0 spiro atoms. The molecular weight excluding hydrogens is 374 g/mol. The molecule has 0 aliphatic heterocycles. The number of fused-ring (bicyclic) bond motifs is 2. The predicted molar refractivity (Wildman–Crippen MR) is 113 cm³/mol. The molecule has 0 saturated carbocycles. The maximum atomic E-state index is 11.9. The largest absolute Gasteiger partial charge is 0.478 e. The molecule has 5 nitrogen and oxygen atoms in total. The molecule has 142 valence electrons. The number of aromatic carboxylic acids is 1. The molecule has 0 radical (unpaired) electrons. The topological polar surface area (TPSA) is 92.0 Å². The minimum Gasteiger partial charge on any atom is -0.478 e. The molecule has 2 aromatic carbocycles. The molecule has 0 bridgehead atoms. The zero-order valence-corrected chi connectivity index (χ0v) is 16.0. The highest BCUT2D eigenvalue weighted by atomic mass is 35.5. The summed E-state index contributed by atoms with van der Waals surface area (Å²) in [5.41, 5.74) is 10.2. The number of nitrogens with one attached hydrogen (secondary N) is 1. The van der Waals surface area contributed by atoms with E-state index in [1.54, 1.807) is 18.3 Å². The van der Waals surface area contributed by atoms with Gasteiger partial charge in [0.25, 0.3) is 0 Å². The number of pyridine rings is 1. The lowest BCUT2D eigenvalue weighted by Crippen LogP contribution is -2.01. The van der Waals surface area contributed by atoms with Crippen molar-refractivity contribution in [2.45, 2.75) is 19.3 Å². The number of H-pyrrole nitrogens is 1. The molecule has 2 heterocycles. The number of benzene rings is 2. The number of unbranched alkanes of at least 4 members (excludes halogenated alkanes) is 1. The number of hydrogen-bond donors (Lipinski definition) is 3. The lowest BCUT2D eigenvalue weighted by Gasteiger charge is -2.09. The number of carboxylic acid groups (broad SMARTS) is 1. The molecule has 0 unspecified atom stereocenters. The van der Waals surface area contributed by atoms with Gasteiger partial charge in [-0.05, 0) is 49.6 Å². The summed E-state index contributed by atoms with van der Waals surface area (Å²) < 4.78 is 0. The van der Waals surface area contributed by atoms with Crippen molar-refractivity contribution in [1.82, 2.24) is 9.97 Å². The second-order valence-corrected chi connectivity index (χ2v) is 7.16. The zero-order chi connectivity index (χ0) is 19.7. The molecule has 2 aromatic heterocycles. The first-order valence-electron chi connectivity index (χ1n) is 9.22. The highest BCUT2D eigenvalue weighted by Crippen LogP contribution is 2.38. The van der Waals surface area contributed by atoms with E-state index in [-0.39, 0.29) is 5.56 Å². The quantitative estimate of drug-likeness (QED) is 0.401. The van der Waals surface area contributed by atoms with Crippen LogP contribution in [0.2, 0.25) is 5.02 Å². The molecule has 0 aliphatic rings. The fourth-order valence-corrected chi connectivity index (χ4v) is 3.95. The number of nitrogens with zero attached hydrogens (tertiary/aromatic N) is 1. The van der Waals surface area contributed by atoms with E-state index >= 15 is 0 Å². The van der Waals surface area contributed by atoms with E-state index in [1.807, 2.05) is 30.3 Å². The fourth-order valence-electron chi connectivity index (χ4n) is 3.75.